The molecule has 0 fully saturated rings. The zero-order valence-electron chi connectivity index (χ0n) is 8.80. The number of aliphatic hydroxyl groups excluding tert-OH is 4. The van der Waals surface area contributed by atoms with Crippen molar-refractivity contribution in [2.75, 3.05) is 0 Å². The Morgan fingerprint density at radius 1 is 0.929 bits per heavy atom. The maximum atomic E-state index is 9.42. The molecule has 0 aliphatic rings. The lowest BCUT2D eigenvalue weighted by molar-refractivity contribution is -0.0481. The van der Waals surface area contributed by atoms with Crippen LogP contribution in [0.3, 0.4) is 0 Å². The molecule has 4 heteroatoms. The van der Waals surface area contributed by atoms with E-state index in [9.17, 15) is 20.4 Å². The van der Waals surface area contributed by atoms with Crippen LogP contribution in [-0.4, -0.2) is 44.8 Å². The van der Waals surface area contributed by atoms with E-state index in [-0.39, 0.29) is 6.42 Å². The summed E-state index contributed by atoms with van der Waals surface area (Å²) in [6, 6.07) is 0. The molecule has 85 valence electrons. The van der Waals surface area contributed by atoms with Crippen molar-refractivity contribution >= 4 is 0 Å². The SMILES string of the molecule is C[CH]C[C@@H](O)[C@@H](O)C[C@H](O)C(O)CC. The third-order valence-electron chi connectivity index (χ3n) is 2.27. The van der Waals surface area contributed by atoms with Crippen LogP contribution in [0.15, 0.2) is 0 Å². The molecule has 0 aromatic heterocycles. The van der Waals surface area contributed by atoms with Gasteiger partial charge < -0.3 is 20.4 Å². The van der Waals surface area contributed by atoms with Gasteiger partial charge in [-0.3, -0.25) is 0 Å². The Bertz CT molecular complexity index is 140. The predicted octanol–water partition coefficient (Wildman–Crippen LogP) is -0.156. The Morgan fingerprint density at radius 2 is 1.43 bits per heavy atom. The van der Waals surface area contributed by atoms with E-state index in [2.05, 4.69) is 0 Å². The predicted molar refractivity (Wildman–Crippen MR) is 53.5 cm³/mol. The van der Waals surface area contributed by atoms with Crippen LogP contribution in [0.5, 0.6) is 0 Å². The van der Waals surface area contributed by atoms with E-state index in [4.69, 9.17) is 0 Å². The van der Waals surface area contributed by atoms with Gasteiger partial charge >= 0.3 is 0 Å². The van der Waals surface area contributed by atoms with Crippen LogP contribution in [-0.2, 0) is 0 Å². The highest BCUT2D eigenvalue weighted by atomic mass is 16.3. The molecule has 0 saturated carbocycles. The van der Waals surface area contributed by atoms with Gasteiger partial charge in [-0.25, -0.2) is 0 Å². The van der Waals surface area contributed by atoms with E-state index in [1.165, 1.54) is 0 Å². The molecule has 0 aliphatic carbocycles. The van der Waals surface area contributed by atoms with Crippen LogP contribution in [0.25, 0.3) is 0 Å². The van der Waals surface area contributed by atoms with Crippen LogP contribution in [0, 0.1) is 6.42 Å². The first-order valence-electron chi connectivity index (χ1n) is 5.03. The summed E-state index contributed by atoms with van der Waals surface area (Å²) in [6.45, 7) is 3.53. The highest BCUT2D eigenvalue weighted by Gasteiger charge is 2.22. The lowest BCUT2D eigenvalue weighted by Gasteiger charge is -2.22. The molecule has 14 heavy (non-hydrogen) atoms. The minimum atomic E-state index is -0.984. The summed E-state index contributed by atoms with van der Waals surface area (Å²) in [4.78, 5) is 0. The number of hydrogen-bond donors (Lipinski definition) is 4. The normalized spacial score (nSPS) is 20.1. The molecule has 4 N–H and O–H groups in total. The molecule has 0 saturated heterocycles. The summed E-state index contributed by atoms with van der Waals surface area (Å²) >= 11 is 0. The van der Waals surface area contributed by atoms with Gasteiger partial charge in [0, 0.05) is 6.42 Å². The first kappa shape index (κ1) is 13.8. The van der Waals surface area contributed by atoms with Gasteiger partial charge in [-0.2, -0.15) is 0 Å². The third kappa shape index (κ3) is 4.91. The molecule has 1 unspecified atom stereocenters. The second kappa shape index (κ2) is 7.17. The summed E-state index contributed by atoms with van der Waals surface area (Å²) < 4.78 is 0. The van der Waals surface area contributed by atoms with Crippen molar-refractivity contribution < 1.29 is 20.4 Å². The van der Waals surface area contributed by atoms with Crippen molar-refractivity contribution in [2.45, 2.75) is 57.5 Å². The Hall–Kier alpha value is -0.160. The average molecular weight is 205 g/mol. The van der Waals surface area contributed by atoms with E-state index in [1.54, 1.807) is 20.3 Å². The van der Waals surface area contributed by atoms with Crippen LogP contribution in [0.4, 0.5) is 0 Å². The molecule has 4 nitrogen and oxygen atoms in total. The Labute approximate surface area is 85.2 Å². The summed E-state index contributed by atoms with van der Waals surface area (Å²) in [7, 11) is 0. The van der Waals surface area contributed by atoms with Crippen LogP contribution in [0.2, 0.25) is 0 Å². The molecule has 4 atom stereocenters. The number of rotatable bonds is 7. The lowest BCUT2D eigenvalue weighted by Crippen LogP contribution is -2.35. The Morgan fingerprint density at radius 3 is 1.86 bits per heavy atom. The second-order valence-electron chi connectivity index (χ2n) is 3.56. The summed E-state index contributed by atoms with van der Waals surface area (Å²) in [5.41, 5.74) is 0. The van der Waals surface area contributed by atoms with Gasteiger partial charge in [-0.05, 0) is 19.3 Å². The van der Waals surface area contributed by atoms with Gasteiger partial charge in [0.1, 0.15) is 0 Å². The minimum absolute atomic E-state index is 0.00398. The van der Waals surface area contributed by atoms with Gasteiger partial charge in [0.25, 0.3) is 0 Å². The largest absolute Gasteiger partial charge is 0.390 e. The summed E-state index contributed by atoms with van der Waals surface area (Å²) in [5.74, 6) is 0. The summed E-state index contributed by atoms with van der Waals surface area (Å²) in [6.07, 6.45) is -1.08. The van der Waals surface area contributed by atoms with Crippen molar-refractivity contribution in [3.05, 3.63) is 6.42 Å². The molecule has 0 amide bonds. The Kier molecular flexibility index (Phi) is 7.09. The molecule has 1 radical (unpaired) electrons. The molecule has 0 heterocycles. The summed E-state index contributed by atoms with van der Waals surface area (Å²) in [5, 5.41) is 37.4. The highest BCUT2D eigenvalue weighted by Crippen LogP contribution is 2.11. The molecular formula is C10H21O4. The molecule has 0 rings (SSSR count). The molecule has 0 aliphatic heterocycles. The van der Waals surface area contributed by atoms with Crippen molar-refractivity contribution in [1.29, 1.82) is 0 Å². The van der Waals surface area contributed by atoms with Gasteiger partial charge in [-0.1, -0.05) is 13.8 Å². The fourth-order valence-electron chi connectivity index (χ4n) is 1.23. The smallest absolute Gasteiger partial charge is 0.0824 e. The molecular weight excluding hydrogens is 184 g/mol. The second-order valence-corrected chi connectivity index (χ2v) is 3.56. The van der Waals surface area contributed by atoms with Gasteiger partial charge in [0.2, 0.25) is 0 Å². The molecule has 0 aromatic rings. The van der Waals surface area contributed by atoms with Gasteiger partial charge in [-0.15, -0.1) is 0 Å². The fourth-order valence-corrected chi connectivity index (χ4v) is 1.23. The topological polar surface area (TPSA) is 80.9 Å². The molecule has 0 aromatic carbocycles. The van der Waals surface area contributed by atoms with Crippen molar-refractivity contribution in [3.8, 4) is 0 Å². The highest BCUT2D eigenvalue weighted by molar-refractivity contribution is 4.77. The number of aliphatic hydroxyl groups is 4. The fraction of sp³-hybridized carbons (Fsp3) is 0.900. The standard InChI is InChI=1S/C10H21O4/c1-3-5-8(12)10(14)6-9(13)7(11)4-2/h3,7-14H,4-6H2,1-2H3/t7?,8-,9+,10+/m1/s1. The van der Waals surface area contributed by atoms with E-state index in [0.717, 1.165) is 0 Å². The van der Waals surface area contributed by atoms with Gasteiger partial charge in [0.05, 0.1) is 24.4 Å². The van der Waals surface area contributed by atoms with Crippen molar-refractivity contribution in [1.82, 2.24) is 0 Å². The maximum absolute atomic E-state index is 9.42. The van der Waals surface area contributed by atoms with E-state index in [0.29, 0.717) is 12.8 Å². The van der Waals surface area contributed by atoms with E-state index >= 15 is 0 Å². The molecule has 0 spiro atoms. The van der Waals surface area contributed by atoms with Gasteiger partial charge in [0.15, 0.2) is 0 Å². The monoisotopic (exact) mass is 205 g/mol. The van der Waals surface area contributed by atoms with E-state index in [1.807, 2.05) is 0 Å². The van der Waals surface area contributed by atoms with Crippen LogP contribution in [0.1, 0.15) is 33.1 Å². The van der Waals surface area contributed by atoms with Crippen LogP contribution < -0.4 is 0 Å². The maximum Gasteiger partial charge on any atom is 0.0824 e. The van der Waals surface area contributed by atoms with Crippen molar-refractivity contribution in [3.63, 3.8) is 0 Å². The van der Waals surface area contributed by atoms with Crippen LogP contribution >= 0.6 is 0 Å². The lowest BCUT2D eigenvalue weighted by atomic mass is 9.99. The zero-order chi connectivity index (χ0) is 11.1. The van der Waals surface area contributed by atoms with Crippen molar-refractivity contribution in [2.24, 2.45) is 0 Å². The molecule has 0 bridgehead atoms. The average Bonchev–Trinajstić information content (AvgIpc) is 2.16. The first-order valence-corrected chi connectivity index (χ1v) is 5.03. The Balaban J connectivity index is 3.85. The minimum Gasteiger partial charge on any atom is -0.390 e. The third-order valence-corrected chi connectivity index (χ3v) is 2.27. The number of hydrogen-bond acceptors (Lipinski definition) is 4. The quantitative estimate of drug-likeness (QED) is 0.466. The first-order chi connectivity index (χ1) is 6.52. The zero-order valence-corrected chi connectivity index (χ0v) is 8.80. The van der Waals surface area contributed by atoms with E-state index < -0.39 is 24.4 Å².